The number of rotatable bonds is 6. The highest BCUT2D eigenvalue weighted by Crippen LogP contribution is 2.10. The second-order valence-electron chi connectivity index (χ2n) is 3.54. The fraction of sp³-hybridized carbons (Fsp3) is 0.778. The van der Waals surface area contributed by atoms with Gasteiger partial charge in [-0.15, -0.1) is 0 Å². The maximum absolute atomic E-state index is 5.38. The molecule has 0 aliphatic heterocycles. The summed E-state index contributed by atoms with van der Waals surface area (Å²) in [5.74, 6) is 3.80. The van der Waals surface area contributed by atoms with E-state index >= 15 is 0 Å². The summed E-state index contributed by atoms with van der Waals surface area (Å²) in [5.41, 5.74) is 5.38. The molecule has 2 N–H and O–H groups in total. The summed E-state index contributed by atoms with van der Waals surface area (Å²) < 4.78 is 5.10. The van der Waals surface area contributed by atoms with Crippen molar-refractivity contribution in [3.63, 3.8) is 0 Å². The largest absolute Gasteiger partial charge is 0.339 e. The van der Waals surface area contributed by atoms with Gasteiger partial charge in [0, 0.05) is 18.7 Å². The Hall–Kier alpha value is -0.550. The van der Waals surface area contributed by atoms with Gasteiger partial charge in [-0.25, -0.2) is 0 Å². The molecule has 1 aromatic heterocycles. The van der Waals surface area contributed by atoms with Gasteiger partial charge in [-0.3, -0.25) is 0 Å². The summed E-state index contributed by atoms with van der Waals surface area (Å²) in [6.07, 6.45) is 0.856. The number of hydrogen-bond donors (Lipinski definition) is 1. The number of aromatic nitrogens is 2. The Morgan fingerprint density at radius 3 is 2.93 bits per heavy atom. The predicted molar refractivity (Wildman–Crippen MR) is 58.1 cm³/mol. The van der Waals surface area contributed by atoms with Crippen LogP contribution in [0, 0.1) is 5.92 Å². The first-order valence-electron chi connectivity index (χ1n) is 4.81. The van der Waals surface area contributed by atoms with Crippen molar-refractivity contribution in [2.45, 2.75) is 26.0 Å². The number of nitrogens with two attached hydrogens (primary N) is 1. The molecule has 14 heavy (non-hydrogen) atoms. The van der Waals surface area contributed by atoms with Crippen LogP contribution < -0.4 is 5.73 Å². The highest BCUT2D eigenvalue weighted by atomic mass is 32.2. The van der Waals surface area contributed by atoms with Crippen LogP contribution in [0.5, 0.6) is 0 Å². The first-order valence-corrected chi connectivity index (χ1v) is 5.97. The molecule has 0 amide bonds. The van der Waals surface area contributed by atoms with Gasteiger partial charge in [0.1, 0.15) is 0 Å². The Morgan fingerprint density at radius 2 is 2.29 bits per heavy atom. The third-order valence-corrected chi connectivity index (χ3v) is 2.57. The number of nitrogens with zero attached hydrogens (tertiary/aromatic N) is 2. The van der Waals surface area contributed by atoms with E-state index in [1.165, 1.54) is 0 Å². The zero-order valence-electron chi connectivity index (χ0n) is 8.69. The second-order valence-corrected chi connectivity index (χ2v) is 4.65. The van der Waals surface area contributed by atoms with E-state index in [2.05, 4.69) is 24.0 Å². The SMILES string of the molecule is CC(C)Cc1nc(CSCCN)no1. The van der Waals surface area contributed by atoms with Gasteiger partial charge in [-0.2, -0.15) is 16.7 Å². The normalized spacial score (nSPS) is 11.1. The van der Waals surface area contributed by atoms with Gasteiger partial charge in [0.15, 0.2) is 5.82 Å². The molecule has 1 rings (SSSR count). The van der Waals surface area contributed by atoms with E-state index in [9.17, 15) is 0 Å². The van der Waals surface area contributed by atoms with Crippen LogP contribution in [0.25, 0.3) is 0 Å². The first kappa shape index (κ1) is 11.5. The van der Waals surface area contributed by atoms with Crippen LogP contribution in [0.2, 0.25) is 0 Å². The van der Waals surface area contributed by atoms with E-state index in [1.807, 2.05) is 0 Å². The molecular weight excluding hydrogens is 198 g/mol. The van der Waals surface area contributed by atoms with Crippen LogP contribution >= 0.6 is 11.8 Å². The summed E-state index contributed by atoms with van der Waals surface area (Å²) in [7, 11) is 0. The maximum atomic E-state index is 5.38. The third-order valence-electron chi connectivity index (χ3n) is 1.59. The fourth-order valence-electron chi connectivity index (χ4n) is 1.03. The van der Waals surface area contributed by atoms with E-state index in [4.69, 9.17) is 10.3 Å². The van der Waals surface area contributed by atoms with Gasteiger partial charge in [-0.05, 0) is 5.92 Å². The summed E-state index contributed by atoms with van der Waals surface area (Å²) in [5, 5.41) is 3.89. The molecule has 0 aliphatic carbocycles. The highest BCUT2D eigenvalue weighted by Gasteiger charge is 2.07. The van der Waals surface area contributed by atoms with Gasteiger partial charge < -0.3 is 10.3 Å². The molecule has 0 radical (unpaired) electrons. The Labute approximate surface area is 88.6 Å². The fourth-order valence-corrected chi connectivity index (χ4v) is 1.64. The van der Waals surface area contributed by atoms with Gasteiger partial charge >= 0.3 is 0 Å². The highest BCUT2D eigenvalue weighted by molar-refractivity contribution is 7.98. The molecule has 4 nitrogen and oxygen atoms in total. The number of hydrogen-bond acceptors (Lipinski definition) is 5. The van der Waals surface area contributed by atoms with Crippen molar-refractivity contribution in [1.29, 1.82) is 0 Å². The average molecular weight is 215 g/mol. The Bertz CT molecular complexity index is 262. The maximum Gasteiger partial charge on any atom is 0.226 e. The third kappa shape index (κ3) is 4.11. The van der Waals surface area contributed by atoms with Gasteiger partial charge in [-0.1, -0.05) is 19.0 Å². The van der Waals surface area contributed by atoms with Crippen molar-refractivity contribution in [2.24, 2.45) is 11.7 Å². The van der Waals surface area contributed by atoms with Gasteiger partial charge in [0.2, 0.25) is 5.89 Å². The van der Waals surface area contributed by atoms with E-state index in [1.54, 1.807) is 11.8 Å². The van der Waals surface area contributed by atoms with E-state index in [-0.39, 0.29) is 0 Å². The number of thioether (sulfide) groups is 1. The molecule has 1 aromatic rings. The van der Waals surface area contributed by atoms with Crippen LogP contribution in [0.4, 0.5) is 0 Å². The zero-order chi connectivity index (χ0) is 10.4. The van der Waals surface area contributed by atoms with Crippen molar-refractivity contribution in [3.05, 3.63) is 11.7 Å². The molecule has 0 fully saturated rings. The summed E-state index contributed by atoms with van der Waals surface area (Å²) in [4.78, 5) is 4.28. The molecule has 0 saturated heterocycles. The molecule has 0 unspecified atom stereocenters. The van der Waals surface area contributed by atoms with Crippen LogP contribution in [0.1, 0.15) is 25.6 Å². The van der Waals surface area contributed by atoms with Crippen LogP contribution in [0.3, 0.4) is 0 Å². The van der Waals surface area contributed by atoms with Gasteiger partial charge in [0.25, 0.3) is 0 Å². The van der Waals surface area contributed by atoms with Crippen molar-refractivity contribution in [1.82, 2.24) is 10.1 Å². The summed E-state index contributed by atoms with van der Waals surface area (Å²) in [6.45, 7) is 4.96. The van der Waals surface area contributed by atoms with Crippen LogP contribution in [-0.2, 0) is 12.2 Å². The molecule has 0 saturated carbocycles. The van der Waals surface area contributed by atoms with E-state index in [0.717, 1.165) is 29.6 Å². The lowest BCUT2D eigenvalue weighted by atomic mass is 10.1. The molecule has 0 atom stereocenters. The molecule has 0 aromatic carbocycles. The molecule has 0 bridgehead atoms. The Kier molecular flexibility index (Phi) is 4.97. The Balaban J connectivity index is 2.35. The molecule has 0 aliphatic rings. The minimum absolute atomic E-state index is 0.556. The minimum atomic E-state index is 0.556. The van der Waals surface area contributed by atoms with Crippen molar-refractivity contribution in [2.75, 3.05) is 12.3 Å². The lowest BCUT2D eigenvalue weighted by Crippen LogP contribution is -2.01. The molecule has 0 spiro atoms. The minimum Gasteiger partial charge on any atom is -0.339 e. The quantitative estimate of drug-likeness (QED) is 0.728. The zero-order valence-corrected chi connectivity index (χ0v) is 9.51. The second kappa shape index (κ2) is 6.03. The molecule has 80 valence electrons. The average Bonchev–Trinajstić information content (AvgIpc) is 2.52. The molecule has 5 heteroatoms. The van der Waals surface area contributed by atoms with Crippen LogP contribution in [0.15, 0.2) is 4.52 Å². The van der Waals surface area contributed by atoms with E-state index < -0.39 is 0 Å². The van der Waals surface area contributed by atoms with Crippen LogP contribution in [-0.4, -0.2) is 22.4 Å². The summed E-state index contributed by atoms with van der Waals surface area (Å²) in [6, 6.07) is 0. The molecule has 1 heterocycles. The van der Waals surface area contributed by atoms with Crippen molar-refractivity contribution >= 4 is 11.8 Å². The monoisotopic (exact) mass is 215 g/mol. The first-order chi connectivity index (χ1) is 6.72. The standard InChI is InChI=1S/C9H17N3OS/c1-7(2)5-9-11-8(12-13-9)6-14-4-3-10/h7H,3-6,10H2,1-2H3. The lowest BCUT2D eigenvalue weighted by molar-refractivity contribution is 0.360. The Morgan fingerprint density at radius 1 is 1.50 bits per heavy atom. The topological polar surface area (TPSA) is 64.9 Å². The summed E-state index contributed by atoms with van der Waals surface area (Å²) >= 11 is 1.73. The van der Waals surface area contributed by atoms with Crippen molar-refractivity contribution in [3.8, 4) is 0 Å². The van der Waals surface area contributed by atoms with Crippen molar-refractivity contribution < 1.29 is 4.52 Å². The lowest BCUT2D eigenvalue weighted by Gasteiger charge is -1.96. The van der Waals surface area contributed by atoms with E-state index in [0.29, 0.717) is 12.5 Å². The predicted octanol–water partition coefficient (Wildman–Crippen LogP) is 1.46. The van der Waals surface area contributed by atoms with Gasteiger partial charge in [0.05, 0.1) is 5.75 Å². The molecular formula is C9H17N3OS. The smallest absolute Gasteiger partial charge is 0.226 e.